The van der Waals surface area contributed by atoms with Gasteiger partial charge in [-0.1, -0.05) is 6.92 Å². The molecular weight excluding hydrogens is 365 g/mol. The van der Waals surface area contributed by atoms with E-state index in [4.69, 9.17) is 9.15 Å². The Balaban J connectivity index is 1.76. The molecule has 4 rings (SSSR count). The highest BCUT2D eigenvalue weighted by Gasteiger charge is 2.35. The molecule has 1 saturated heterocycles. The number of amides is 1. The van der Waals surface area contributed by atoms with Crippen molar-refractivity contribution in [2.45, 2.75) is 13.1 Å². The van der Waals surface area contributed by atoms with E-state index in [9.17, 15) is 18.0 Å². The van der Waals surface area contributed by atoms with Crippen molar-refractivity contribution in [3.63, 3.8) is 0 Å². The van der Waals surface area contributed by atoms with E-state index in [1.54, 1.807) is 0 Å². The molecule has 0 spiro atoms. The van der Waals surface area contributed by atoms with E-state index in [1.165, 1.54) is 12.4 Å². The van der Waals surface area contributed by atoms with Gasteiger partial charge in [-0.25, -0.2) is 9.97 Å². The van der Waals surface area contributed by atoms with Gasteiger partial charge in [-0.2, -0.15) is 13.2 Å². The Hall–Kier alpha value is -2.88. The van der Waals surface area contributed by atoms with Crippen LogP contribution in [-0.4, -0.2) is 40.0 Å². The second-order valence-electron chi connectivity index (χ2n) is 6.83. The molecule has 142 valence electrons. The SMILES string of the molecule is CC1(CNC(=O)c2cnc3c(-c4cnco4)cc(C(F)(F)F)cn23)COC1. The summed E-state index contributed by atoms with van der Waals surface area (Å²) < 4.78 is 51.4. The van der Waals surface area contributed by atoms with Crippen LogP contribution in [0.2, 0.25) is 0 Å². The lowest BCUT2D eigenvalue weighted by atomic mass is 9.89. The smallest absolute Gasteiger partial charge is 0.417 e. The molecule has 1 aliphatic rings. The first-order valence-corrected chi connectivity index (χ1v) is 8.10. The van der Waals surface area contributed by atoms with E-state index >= 15 is 0 Å². The number of aromatic nitrogens is 3. The lowest BCUT2D eigenvalue weighted by Gasteiger charge is -2.37. The number of hydrogen-bond acceptors (Lipinski definition) is 5. The summed E-state index contributed by atoms with van der Waals surface area (Å²) in [6.45, 7) is 3.35. The highest BCUT2D eigenvalue weighted by molar-refractivity contribution is 5.94. The first kappa shape index (κ1) is 17.5. The zero-order valence-electron chi connectivity index (χ0n) is 14.2. The summed E-state index contributed by atoms with van der Waals surface area (Å²) in [5, 5.41) is 2.74. The van der Waals surface area contributed by atoms with E-state index in [2.05, 4.69) is 15.3 Å². The van der Waals surface area contributed by atoms with E-state index in [-0.39, 0.29) is 28.1 Å². The van der Waals surface area contributed by atoms with Crippen LogP contribution in [0.3, 0.4) is 0 Å². The number of imidazole rings is 1. The van der Waals surface area contributed by atoms with Gasteiger partial charge in [-0.3, -0.25) is 9.20 Å². The number of hydrogen-bond donors (Lipinski definition) is 1. The number of nitrogens with zero attached hydrogens (tertiary/aromatic N) is 3. The average molecular weight is 380 g/mol. The number of ether oxygens (including phenoxy) is 1. The van der Waals surface area contributed by atoms with Crippen LogP contribution >= 0.6 is 0 Å². The molecule has 0 aliphatic carbocycles. The molecule has 1 N–H and O–H groups in total. The third-order valence-electron chi connectivity index (χ3n) is 4.44. The van der Waals surface area contributed by atoms with Gasteiger partial charge in [0, 0.05) is 18.2 Å². The number of fused-ring (bicyclic) bond motifs is 1. The molecule has 3 aromatic heterocycles. The number of nitrogens with one attached hydrogen (secondary N) is 1. The van der Waals surface area contributed by atoms with Crippen molar-refractivity contribution in [3.8, 4) is 11.3 Å². The van der Waals surface area contributed by atoms with E-state index in [0.29, 0.717) is 19.8 Å². The van der Waals surface area contributed by atoms with Gasteiger partial charge in [0.1, 0.15) is 11.3 Å². The van der Waals surface area contributed by atoms with Crippen molar-refractivity contribution in [2.75, 3.05) is 19.8 Å². The lowest BCUT2D eigenvalue weighted by Crippen LogP contribution is -2.48. The second kappa shape index (κ2) is 6.08. The second-order valence-corrected chi connectivity index (χ2v) is 6.83. The quantitative estimate of drug-likeness (QED) is 0.753. The highest BCUT2D eigenvalue weighted by Crippen LogP contribution is 2.34. The predicted molar refractivity (Wildman–Crippen MR) is 87.0 cm³/mol. The first-order chi connectivity index (χ1) is 12.8. The molecular formula is C17H15F3N4O3. The van der Waals surface area contributed by atoms with Crippen LogP contribution in [0, 0.1) is 5.41 Å². The Morgan fingerprint density at radius 3 is 2.74 bits per heavy atom. The first-order valence-electron chi connectivity index (χ1n) is 8.10. The molecule has 10 heteroatoms. The Bertz CT molecular complexity index is 991. The Morgan fingerprint density at radius 1 is 1.37 bits per heavy atom. The molecule has 0 unspecified atom stereocenters. The number of carbonyl (C=O) groups is 1. The van der Waals surface area contributed by atoms with E-state index in [1.807, 2.05) is 6.92 Å². The van der Waals surface area contributed by atoms with E-state index < -0.39 is 17.6 Å². The van der Waals surface area contributed by atoms with Crippen LogP contribution in [0.4, 0.5) is 13.2 Å². The minimum Gasteiger partial charge on any atom is -0.443 e. The maximum absolute atomic E-state index is 13.3. The fourth-order valence-corrected chi connectivity index (χ4v) is 2.88. The highest BCUT2D eigenvalue weighted by atomic mass is 19.4. The van der Waals surface area contributed by atoms with Crippen LogP contribution < -0.4 is 5.32 Å². The molecule has 0 bridgehead atoms. The molecule has 7 nitrogen and oxygen atoms in total. The fraction of sp³-hybridized carbons (Fsp3) is 0.353. The fourth-order valence-electron chi connectivity index (χ4n) is 2.88. The summed E-state index contributed by atoms with van der Waals surface area (Å²) in [6.07, 6.45) is -0.0985. The number of halogens is 3. The van der Waals surface area contributed by atoms with Crippen molar-refractivity contribution >= 4 is 11.6 Å². The summed E-state index contributed by atoms with van der Waals surface area (Å²) in [4.78, 5) is 20.4. The molecule has 0 aromatic carbocycles. The standard InChI is InChI=1S/C17H15F3N4O3/c1-16(7-26-8-16)6-23-15(25)12-3-22-14-11(13-4-21-9-27-13)2-10(5-24(12)14)17(18,19)20/h2-5,9H,6-8H2,1H3,(H,23,25). The van der Waals surface area contributed by atoms with Gasteiger partial charge in [0.2, 0.25) is 0 Å². The normalized spacial score (nSPS) is 16.3. The number of carbonyl (C=O) groups excluding carboxylic acids is 1. The third kappa shape index (κ3) is 3.16. The molecule has 3 aromatic rings. The predicted octanol–water partition coefficient (Wildman–Crippen LogP) is 2.77. The number of alkyl halides is 3. The molecule has 0 radical (unpaired) electrons. The molecule has 1 fully saturated rings. The Morgan fingerprint density at radius 2 is 2.15 bits per heavy atom. The van der Waals surface area contributed by atoms with Gasteiger partial charge in [-0.05, 0) is 6.07 Å². The van der Waals surface area contributed by atoms with Crippen LogP contribution in [0.1, 0.15) is 23.0 Å². The van der Waals surface area contributed by atoms with Crippen molar-refractivity contribution < 1.29 is 27.1 Å². The Labute approximate surface area is 151 Å². The summed E-state index contributed by atoms with van der Waals surface area (Å²) in [6, 6.07) is 0.928. The zero-order valence-corrected chi connectivity index (χ0v) is 14.2. The van der Waals surface area contributed by atoms with Crippen molar-refractivity contribution in [1.82, 2.24) is 19.7 Å². The lowest BCUT2D eigenvalue weighted by molar-refractivity contribution is -0.137. The maximum atomic E-state index is 13.3. The van der Waals surface area contributed by atoms with Crippen LogP contribution in [0.25, 0.3) is 17.0 Å². The number of oxazole rings is 1. The average Bonchev–Trinajstić information content (AvgIpc) is 3.25. The van der Waals surface area contributed by atoms with Crippen LogP contribution in [-0.2, 0) is 10.9 Å². The molecule has 1 aliphatic heterocycles. The largest absolute Gasteiger partial charge is 0.443 e. The Kier molecular flexibility index (Phi) is 3.95. The number of rotatable bonds is 4. The van der Waals surface area contributed by atoms with Gasteiger partial charge in [0.25, 0.3) is 5.91 Å². The summed E-state index contributed by atoms with van der Waals surface area (Å²) in [7, 11) is 0. The number of pyridine rings is 1. The molecule has 27 heavy (non-hydrogen) atoms. The molecule has 4 heterocycles. The molecule has 0 saturated carbocycles. The van der Waals surface area contributed by atoms with Gasteiger partial charge in [0.05, 0.1) is 36.7 Å². The topological polar surface area (TPSA) is 81.7 Å². The van der Waals surface area contributed by atoms with Crippen molar-refractivity contribution in [1.29, 1.82) is 0 Å². The maximum Gasteiger partial charge on any atom is 0.417 e. The third-order valence-corrected chi connectivity index (χ3v) is 4.44. The minimum absolute atomic E-state index is 0.000655. The van der Waals surface area contributed by atoms with Crippen LogP contribution in [0.15, 0.2) is 35.5 Å². The van der Waals surface area contributed by atoms with Gasteiger partial charge < -0.3 is 14.5 Å². The molecule has 0 atom stereocenters. The van der Waals surface area contributed by atoms with Gasteiger partial charge >= 0.3 is 6.18 Å². The van der Waals surface area contributed by atoms with Crippen molar-refractivity contribution in [2.24, 2.45) is 5.41 Å². The van der Waals surface area contributed by atoms with Gasteiger partial charge in [0.15, 0.2) is 12.2 Å². The molecule has 1 amide bonds. The van der Waals surface area contributed by atoms with Crippen molar-refractivity contribution in [3.05, 3.63) is 42.3 Å². The van der Waals surface area contributed by atoms with E-state index in [0.717, 1.165) is 23.1 Å². The summed E-state index contributed by atoms with van der Waals surface area (Å²) in [5.74, 6) is -0.388. The van der Waals surface area contributed by atoms with Crippen LogP contribution in [0.5, 0.6) is 0 Å². The minimum atomic E-state index is -4.60. The zero-order chi connectivity index (χ0) is 19.2. The monoisotopic (exact) mass is 380 g/mol. The summed E-state index contributed by atoms with van der Waals surface area (Å²) in [5.41, 5.74) is -0.824. The summed E-state index contributed by atoms with van der Waals surface area (Å²) >= 11 is 0. The van der Waals surface area contributed by atoms with Gasteiger partial charge in [-0.15, -0.1) is 0 Å².